The fraction of sp³-hybridized carbons (Fsp3) is 0.0588. The molecule has 1 heterocycles. The number of amides is 2. The number of para-hydroxylation sites is 1. The van der Waals surface area contributed by atoms with E-state index in [2.05, 4.69) is 0 Å². The first-order chi connectivity index (χ1) is 10.7. The van der Waals surface area contributed by atoms with Crippen LogP contribution in [0.2, 0.25) is 0 Å². The highest BCUT2D eigenvalue weighted by atomic mass is 32.2. The van der Waals surface area contributed by atoms with Gasteiger partial charge in [-0.05, 0) is 47.7 Å². The lowest BCUT2D eigenvalue weighted by Crippen LogP contribution is -2.27. The zero-order valence-electron chi connectivity index (χ0n) is 11.9. The number of hydrogen-bond acceptors (Lipinski definition) is 4. The normalized spacial score (nSPS) is 16.4. The molecule has 3 rings (SSSR count). The molecule has 0 bridgehead atoms. The highest BCUT2D eigenvalue weighted by Crippen LogP contribution is 2.35. The maximum absolute atomic E-state index is 12.4. The largest absolute Gasteiger partial charge is 0.497 e. The van der Waals surface area contributed by atoms with E-state index in [4.69, 9.17) is 4.74 Å². The average Bonchev–Trinajstić information content (AvgIpc) is 2.83. The third kappa shape index (κ3) is 2.76. The zero-order chi connectivity index (χ0) is 15.5. The molecule has 0 atom stereocenters. The molecule has 1 fully saturated rings. The van der Waals surface area contributed by atoms with Crippen molar-refractivity contribution >= 4 is 34.7 Å². The molecule has 2 aromatic carbocycles. The first kappa shape index (κ1) is 14.4. The van der Waals surface area contributed by atoms with Crippen molar-refractivity contribution in [2.24, 2.45) is 0 Å². The summed E-state index contributed by atoms with van der Waals surface area (Å²) < 4.78 is 5.10. The molecule has 0 unspecified atom stereocenters. The summed E-state index contributed by atoms with van der Waals surface area (Å²) in [4.78, 5) is 26.1. The number of nitrogens with zero attached hydrogens (tertiary/aromatic N) is 1. The van der Waals surface area contributed by atoms with Crippen LogP contribution < -0.4 is 9.64 Å². The van der Waals surface area contributed by atoms with Crippen LogP contribution in [0.15, 0.2) is 59.5 Å². The van der Waals surface area contributed by atoms with Gasteiger partial charge in [0.05, 0.1) is 17.7 Å². The van der Waals surface area contributed by atoms with Gasteiger partial charge in [0.15, 0.2) is 0 Å². The number of benzene rings is 2. The lowest BCUT2D eigenvalue weighted by Gasteiger charge is -2.11. The Bertz CT molecular complexity index is 738. The van der Waals surface area contributed by atoms with Gasteiger partial charge >= 0.3 is 0 Å². The lowest BCUT2D eigenvalue weighted by atomic mass is 10.2. The minimum Gasteiger partial charge on any atom is -0.497 e. The predicted molar refractivity (Wildman–Crippen MR) is 87.9 cm³/mol. The molecular formula is C17H13NO3S. The van der Waals surface area contributed by atoms with Crippen LogP contribution in [0.5, 0.6) is 5.75 Å². The van der Waals surface area contributed by atoms with Crippen LogP contribution in [0.3, 0.4) is 0 Å². The number of imide groups is 1. The Morgan fingerprint density at radius 1 is 1.00 bits per heavy atom. The Morgan fingerprint density at radius 3 is 2.32 bits per heavy atom. The van der Waals surface area contributed by atoms with E-state index < -0.39 is 0 Å². The lowest BCUT2D eigenvalue weighted by molar-refractivity contribution is -0.113. The van der Waals surface area contributed by atoms with Gasteiger partial charge in [-0.1, -0.05) is 30.3 Å². The molecule has 0 aliphatic carbocycles. The minimum absolute atomic E-state index is 0.282. The summed E-state index contributed by atoms with van der Waals surface area (Å²) in [5.74, 6) is 0.451. The van der Waals surface area contributed by atoms with Crippen LogP contribution in [-0.4, -0.2) is 18.3 Å². The van der Waals surface area contributed by atoms with Gasteiger partial charge in [-0.2, -0.15) is 0 Å². The van der Waals surface area contributed by atoms with Gasteiger partial charge < -0.3 is 4.74 Å². The van der Waals surface area contributed by atoms with Crippen molar-refractivity contribution in [3.8, 4) is 5.75 Å². The van der Waals surface area contributed by atoms with Crippen LogP contribution >= 0.6 is 11.8 Å². The second kappa shape index (κ2) is 6.07. The molecule has 0 saturated carbocycles. The van der Waals surface area contributed by atoms with E-state index in [1.807, 2.05) is 30.3 Å². The number of methoxy groups -OCH3 is 1. The zero-order valence-corrected chi connectivity index (χ0v) is 12.7. The van der Waals surface area contributed by atoms with Crippen LogP contribution in [-0.2, 0) is 4.79 Å². The quantitative estimate of drug-likeness (QED) is 0.806. The molecule has 22 heavy (non-hydrogen) atoms. The van der Waals surface area contributed by atoms with Crippen molar-refractivity contribution in [2.45, 2.75) is 0 Å². The van der Waals surface area contributed by atoms with Gasteiger partial charge in [-0.15, -0.1) is 0 Å². The van der Waals surface area contributed by atoms with Crippen molar-refractivity contribution in [2.75, 3.05) is 12.0 Å². The van der Waals surface area contributed by atoms with Gasteiger partial charge in [0.25, 0.3) is 11.1 Å². The smallest absolute Gasteiger partial charge is 0.298 e. The number of carbonyl (C=O) groups is 2. The Morgan fingerprint density at radius 2 is 1.68 bits per heavy atom. The van der Waals surface area contributed by atoms with Gasteiger partial charge in [-0.3, -0.25) is 9.59 Å². The monoisotopic (exact) mass is 311 g/mol. The van der Waals surface area contributed by atoms with E-state index in [1.54, 1.807) is 37.5 Å². The first-order valence-corrected chi connectivity index (χ1v) is 7.48. The van der Waals surface area contributed by atoms with E-state index in [1.165, 1.54) is 4.90 Å². The SMILES string of the molecule is COc1ccc(C=C2SC(=O)N(c3ccccc3)C2=O)cc1. The summed E-state index contributed by atoms with van der Waals surface area (Å²) in [7, 11) is 1.60. The topological polar surface area (TPSA) is 46.6 Å². The van der Waals surface area contributed by atoms with Gasteiger partial charge in [0.2, 0.25) is 0 Å². The molecular weight excluding hydrogens is 298 g/mol. The van der Waals surface area contributed by atoms with E-state index in [0.717, 1.165) is 23.1 Å². The fourth-order valence-electron chi connectivity index (χ4n) is 2.12. The van der Waals surface area contributed by atoms with Gasteiger partial charge in [0.1, 0.15) is 5.75 Å². The van der Waals surface area contributed by atoms with Crippen molar-refractivity contribution in [1.82, 2.24) is 0 Å². The number of ether oxygens (including phenoxy) is 1. The molecule has 0 spiro atoms. The molecule has 0 aromatic heterocycles. The Balaban J connectivity index is 1.88. The second-order valence-electron chi connectivity index (χ2n) is 4.63. The van der Waals surface area contributed by atoms with Crippen molar-refractivity contribution in [3.63, 3.8) is 0 Å². The Labute approximate surface area is 132 Å². The maximum Gasteiger partial charge on any atom is 0.298 e. The first-order valence-electron chi connectivity index (χ1n) is 6.66. The third-order valence-electron chi connectivity index (χ3n) is 3.22. The molecule has 5 heteroatoms. The summed E-state index contributed by atoms with van der Waals surface area (Å²) in [5.41, 5.74) is 1.43. The van der Waals surface area contributed by atoms with Crippen LogP contribution in [0.4, 0.5) is 10.5 Å². The number of hydrogen-bond donors (Lipinski definition) is 0. The van der Waals surface area contributed by atoms with E-state index in [9.17, 15) is 9.59 Å². The molecule has 0 radical (unpaired) electrons. The number of anilines is 1. The summed E-state index contributed by atoms with van der Waals surface area (Å²) in [6, 6.07) is 16.2. The number of thioether (sulfide) groups is 1. The minimum atomic E-state index is -0.294. The highest BCUT2D eigenvalue weighted by Gasteiger charge is 2.36. The van der Waals surface area contributed by atoms with Gasteiger partial charge in [0, 0.05) is 0 Å². The molecule has 110 valence electrons. The molecule has 2 aromatic rings. The molecule has 0 N–H and O–H groups in total. The standard InChI is InChI=1S/C17H13NO3S/c1-21-14-9-7-12(8-10-14)11-15-16(19)18(17(20)22-15)13-5-3-2-4-6-13/h2-11H,1H3. The summed E-state index contributed by atoms with van der Waals surface area (Å²) >= 11 is 0.949. The fourth-order valence-corrected chi connectivity index (χ4v) is 2.96. The average molecular weight is 311 g/mol. The molecule has 4 nitrogen and oxygen atoms in total. The van der Waals surface area contributed by atoms with Crippen molar-refractivity contribution < 1.29 is 14.3 Å². The summed E-state index contributed by atoms with van der Waals surface area (Å²) in [6.07, 6.45) is 1.72. The van der Waals surface area contributed by atoms with E-state index in [0.29, 0.717) is 10.6 Å². The predicted octanol–water partition coefficient (Wildman–Crippen LogP) is 3.94. The summed E-state index contributed by atoms with van der Waals surface area (Å²) in [6.45, 7) is 0. The Hall–Kier alpha value is -2.53. The Kier molecular flexibility index (Phi) is 3.98. The molecule has 1 aliphatic rings. The second-order valence-corrected chi connectivity index (χ2v) is 5.62. The number of carbonyl (C=O) groups excluding carboxylic acids is 2. The van der Waals surface area contributed by atoms with Crippen LogP contribution in [0.25, 0.3) is 6.08 Å². The highest BCUT2D eigenvalue weighted by molar-refractivity contribution is 8.19. The van der Waals surface area contributed by atoms with Crippen molar-refractivity contribution in [3.05, 3.63) is 65.1 Å². The summed E-state index contributed by atoms with van der Waals surface area (Å²) in [5, 5.41) is -0.282. The molecule has 1 aliphatic heterocycles. The van der Waals surface area contributed by atoms with Crippen molar-refractivity contribution in [1.29, 1.82) is 0 Å². The molecule has 1 saturated heterocycles. The van der Waals surface area contributed by atoms with E-state index >= 15 is 0 Å². The maximum atomic E-state index is 12.4. The van der Waals surface area contributed by atoms with E-state index in [-0.39, 0.29) is 11.1 Å². The van der Waals surface area contributed by atoms with Crippen LogP contribution in [0.1, 0.15) is 5.56 Å². The van der Waals surface area contributed by atoms with Crippen LogP contribution in [0, 0.1) is 0 Å². The third-order valence-corrected chi connectivity index (χ3v) is 4.09. The van der Waals surface area contributed by atoms with Gasteiger partial charge in [-0.25, -0.2) is 4.90 Å². The molecule has 2 amide bonds. The number of rotatable bonds is 3.